The topological polar surface area (TPSA) is 110 Å². The van der Waals surface area contributed by atoms with E-state index in [2.05, 4.69) is 25.4 Å². The number of hydrogen-bond acceptors (Lipinski definition) is 6. The molecular weight excluding hydrogens is 581 g/mol. The number of fused-ring (bicyclic) bond motifs is 1. The first-order valence-electron chi connectivity index (χ1n) is 13.8. The first kappa shape index (κ1) is 28.7. The molecule has 2 N–H and O–H groups in total. The Balaban J connectivity index is 1.33. The standard InChI is InChI=1S/C30H27F3N6O3S/c1-17-6-8-21(9-7-17)43(41,42)39-16-23(22-12-18(31)15-35-28(22)39)26-24(32)14-25(33)27(38-26)36-19-4-3-5-20(13-19)37-29(40)30(34-2)10-11-30/h6-9,12,14-16,19-20H,3-5,10-11,13H2,1H3,(H,36,38)(H,37,40)/t19?,20-/m1/s1. The zero-order valence-corrected chi connectivity index (χ0v) is 23.9. The van der Waals surface area contributed by atoms with Gasteiger partial charge in [-0.05, 0) is 50.8 Å². The van der Waals surface area contributed by atoms with E-state index in [0.717, 1.165) is 34.4 Å². The van der Waals surface area contributed by atoms with E-state index in [9.17, 15) is 17.6 Å². The molecule has 13 heteroatoms. The first-order chi connectivity index (χ1) is 20.5. The molecule has 4 aromatic rings. The minimum Gasteiger partial charge on any atom is -0.365 e. The number of anilines is 1. The number of amides is 1. The fourth-order valence-corrected chi connectivity index (χ4v) is 6.80. The van der Waals surface area contributed by atoms with Crippen LogP contribution in [0.1, 0.15) is 44.1 Å². The van der Waals surface area contributed by atoms with E-state index in [-0.39, 0.29) is 51.0 Å². The Hall–Kier alpha value is -4.44. The first-order valence-corrected chi connectivity index (χ1v) is 15.3. The van der Waals surface area contributed by atoms with E-state index in [1.54, 1.807) is 19.1 Å². The van der Waals surface area contributed by atoms with Crippen molar-refractivity contribution in [2.75, 3.05) is 5.32 Å². The second-order valence-corrected chi connectivity index (χ2v) is 13.0. The molecule has 9 nitrogen and oxygen atoms in total. The molecule has 6 rings (SSSR count). The molecule has 0 bridgehead atoms. The average Bonchev–Trinajstić information content (AvgIpc) is 3.69. The van der Waals surface area contributed by atoms with Crippen LogP contribution >= 0.6 is 0 Å². The molecule has 2 saturated carbocycles. The molecule has 2 atom stereocenters. The summed E-state index contributed by atoms with van der Waals surface area (Å²) in [5.41, 5.74) is -0.735. The third-order valence-corrected chi connectivity index (χ3v) is 9.72. The molecule has 1 aromatic carbocycles. The van der Waals surface area contributed by atoms with Crippen LogP contribution in [-0.4, -0.2) is 45.9 Å². The molecule has 1 amide bonds. The van der Waals surface area contributed by atoms with Crippen LogP contribution in [0.5, 0.6) is 0 Å². The van der Waals surface area contributed by atoms with Crippen molar-refractivity contribution in [2.45, 2.75) is 68.0 Å². The smallest absolute Gasteiger partial charge is 0.309 e. The summed E-state index contributed by atoms with van der Waals surface area (Å²) in [5.74, 6) is -3.36. The van der Waals surface area contributed by atoms with Crippen molar-refractivity contribution >= 4 is 32.8 Å². The molecule has 222 valence electrons. The maximum atomic E-state index is 15.3. The van der Waals surface area contributed by atoms with Crippen LogP contribution in [-0.2, 0) is 14.8 Å². The molecule has 2 aliphatic carbocycles. The highest BCUT2D eigenvalue weighted by Gasteiger charge is 2.58. The number of pyridine rings is 2. The van der Waals surface area contributed by atoms with E-state index in [4.69, 9.17) is 6.57 Å². The molecule has 0 saturated heterocycles. The summed E-state index contributed by atoms with van der Waals surface area (Å²) in [6.45, 7) is 9.10. The number of benzene rings is 1. The lowest BCUT2D eigenvalue weighted by Crippen LogP contribution is -2.45. The van der Waals surface area contributed by atoms with Crippen LogP contribution in [0.4, 0.5) is 19.0 Å². The Morgan fingerprint density at radius 1 is 1.09 bits per heavy atom. The molecule has 3 aromatic heterocycles. The Bertz CT molecular complexity index is 1900. The molecule has 2 aliphatic rings. The zero-order valence-electron chi connectivity index (χ0n) is 23.1. The summed E-state index contributed by atoms with van der Waals surface area (Å²) in [4.78, 5) is 24.1. The van der Waals surface area contributed by atoms with Gasteiger partial charge < -0.3 is 10.6 Å². The van der Waals surface area contributed by atoms with Gasteiger partial charge in [-0.2, -0.15) is 0 Å². The minimum absolute atomic E-state index is 0.0195. The molecule has 0 spiro atoms. The summed E-state index contributed by atoms with van der Waals surface area (Å²) >= 11 is 0. The van der Waals surface area contributed by atoms with Gasteiger partial charge in [0.05, 0.1) is 11.1 Å². The number of carbonyl (C=O) groups is 1. The van der Waals surface area contributed by atoms with Crippen LogP contribution in [0, 0.1) is 30.9 Å². The molecule has 1 unspecified atom stereocenters. The number of aryl methyl sites for hydroxylation is 1. The van der Waals surface area contributed by atoms with Crippen LogP contribution in [0.2, 0.25) is 0 Å². The summed E-state index contributed by atoms with van der Waals surface area (Å²) in [5, 5.41) is 5.93. The van der Waals surface area contributed by atoms with Crippen molar-refractivity contribution in [3.05, 3.63) is 83.2 Å². The van der Waals surface area contributed by atoms with Gasteiger partial charge in [-0.25, -0.2) is 42.1 Å². The van der Waals surface area contributed by atoms with Crippen molar-refractivity contribution in [1.29, 1.82) is 0 Å². The quantitative estimate of drug-likeness (QED) is 0.274. The summed E-state index contributed by atoms with van der Waals surface area (Å²) < 4.78 is 72.5. The second kappa shape index (κ2) is 10.7. The maximum Gasteiger partial charge on any atom is 0.309 e. The number of carbonyl (C=O) groups excluding carboxylic acids is 1. The largest absolute Gasteiger partial charge is 0.365 e. The maximum absolute atomic E-state index is 15.3. The predicted molar refractivity (Wildman–Crippen MR) is 153 cm³/mol. The van der Waals surface area contributed by atoms with E-state index in [1.165, 1.54) is 12.1 Å². The van der Waals surface area contributed by atoms with Gasteiger partial charge in [0.25, 0.3) is 10.0 Å². The van der Waals surface area contributed by atoms with Gasteiger partial charge in [0, 0.05) is 48.1 Å². The number of aromatic nitrogens is 3. The third kappa shape index (κ3) is 5.31. The highest BCUT2D eigenvalue weighted by molar-refractivity contribution is 7.90. The lowest BCUT2D eigenvalue weighted by atomic mass is 9.90. The van der Waals surface area contributed by atoms with Crippen molar-refractivity contribution in [1.82, 2.24) is 19.3 Å². The number of hydrogen-bond donors (Lipinski definition) is 2. The Morgan fingerprint density at radius 2 is 1.81 bits per heavy atom. The fourth-order valence-electron chi connectivity index (χ4n) is 5.48. The van der Waals surface area contributed by atoms with Crippen molar-refractivity contribution in [2.24, 2.45) is 0 Å². The van der Waals surface area contributed by atoms with Gasteiger partial charge in [0.2, 0.25) is 0 Å². The predicted octanol–water partition coefficient (Wildman–Crippen LogP) is 5.35. The van der Waals surface area contributed by atoms with Crippen LogP contribution in [0.3, 0.4) is 0 Å². The lowest BCUT2D eigenvalue weighted by Gasteiger charge is -2.31. The highest BCUT2D eigenvalue weighted by Crippen LogP contribution is 2.40. The normalized spacial score (nSPS) is 19.5. The Morgan fingerprint density at radius 3 is 2.51 bits per heavy atom. The van der Waals surface area contributed by atoms with E-state index >= 15 is 8.78 Å². The molecule has 3 heterocycles. The van der Waals surface area contributed by atoms with Crippen molar-refractivity contribution in [3.8, 4) is 11.3 Å². The summed E-state index contributed by atoms with van der Waals surface area (Å²) in [7, 11) is -4.22. The zero-order chi connectivity index (χ0) is 30.5. The van der Waals surface area contributed by atoms with Crippen LogP contribution < -0.4 is 10.6 Å². The molecule has 0 radical (unpaired) electrons. The number of nitrogens with one attached hydrogen (secondary N) is 2. The average molecular weight is 609 g/mol. The molecule has 2 fully saturated rings. The van der Waals surface area contributed by atoms with Gasteiger partial charge in [-0.15, -0.1) is 0 Å². The van der Waals surface area contributed by atoms with Gasteiger partial charge in [-0.1, -0.05) is 17.7 Å². The van der Waals surface area contributed by atoms with Gasteiger partial charge in [-0.3, -0.25) is 9.64 Å². The third-order valence-electron chi connectivity index (χ3n) is 8.05. The summed E-state index contributed by atoms with van der Waals surface area (Å²) in [6, 6.07) is 7.23. The van der Waals surface area contributed by atoms with Crippen molar-refractivity contribution < 1.29 is 26.4 Å². The summed E-state index contributed by atoms with van der Waals surface area (Å²) in [6.07, 6.45) is 5.54. The van der Waals surface area contributed by atoms with E-state index in [0.29, 0.717) is 38.2 Å². The lowest BCUT2D eigenvalue weighted by molar-refractivity contribution is -0.123. The molecule has 0 aliphatic heterocycles. The SMILES string of the molecule is [C-]#[N+]C1(C(=O)N[C@@H]2CCCC(Nc3nc(-c4cn(S(=O)(=O)c5ccc(C)cc5)c5ncc(F)cc45)c(F)cc3F)C2)CC1. The highest BCUT2D eigenvalue weighted by atomic mass is 32.2. The van der Waals surface area contributed by atoms with Gasteiger partial charge >= 0.3 is 11.4 Å². The Kier molecular flexibility index (Phi) is 7.12. The fraction of sp³-hybridized carbons (Fsp3) is 0.333. The van der Waals surface area contributed by atoms with Gasteiger partial charge in [0.1, 0.15) is 11.5 Å². The van der Waals surface area contributed by atoms with E-state index in [1.807, 2.05) is 0 Å². The van der Waals surface area contributed by atoms with Crippen LogP contribution in [0.25, 0.3) is 27.1 Å². The monoisotopic (exact) mass is 608 g/mol. The molecule has 43 heavy (non-hydrogen) atoms. The molecular formula is C30H27F3N6O3S. The Labute approximate surface area is 246 Å². The van der Waals surface area contributed by atoms with Crippen molar-refractivity contribution in [3.63, 3.8) is 0 Å². The van der Waals surface area contributed by atoms with Crippen LogP contribution in [0.15, 0.2) is 53.7 Å². The number of halogens is 3. The minimum atomic E-state index is -4.22. The van der Waals surface area contributed by atoms with E-state index < -0.39 is 33.0 Å². The van der Waals surface area contributed by atoms with Gasteiger partial charge in [0.15, 0.2) is 23.1 Å². The second-order valence-electron chi connectivity index (χ2n) is 11.2. The number of rotatable bonds is 7. The number of nitrogens with zero attached hydrogens (tertiary/aromatic N) is 4.